The second-order valence-corrected chi connectivity index (χ2v) is 7.99. The lowest BCUT2D eigenvalue weighted by atomic mass is 10.1. The van der Waals surface area contributed by atoms with Gasteiger partial charge in [0.1, 0.15) is 0 Å². The van der Waals surface area contributed by atoms with Crippen molar-refractivity contribution in [2.45, 2.75) is 32.9 Å². The highest BCUT2D eigenvalue weighted by atomic mass is 32.2. The van der Waals surface area contributed by atoms with Crippen LogP contribution < -0.4 is 5.32 Å². The van der Waals surface area contributed by atoms with Gasteiger partial charge in [-0.05, 0) is 31.4 Å². The Labute approximate surface area is 136 Å². The van der Waals surface area contributed by atoms with Gasteiger partial charge in [-0.2, -0.15) is 0 Å². The molecule has 0 aromatic heterocycles. The standard InChI is InChI=1S/C16H22N2O4S/c1-3-18(14-8-9-23(21,22)11-14)16(20)15(19)17-10-13-7-5-4-6-12(13)2/h4-7,14H,3,8-11H2,1-2H3,(H,17,19). The van der Waals surface area contributed by atoms with E-state index in [0.717, 1.165) is 11.1 Å². The minimum Gasteiger partial charge on any atom is -0.344 e. The van der Waals surface area contributed by atoms with Gasteiger partial charge >= 0.3 is 11.8 Å². The Morgan fingerprint density at radius 2 is 2.00 bits per heavy atom. The average molecular weight is 338 g/mol. The van der Waals surface area contributed by atoms with Gasteiger partial charge in [0.05, 0.1) is 11.5 Å². The molecule has 126 valence electrons. The predicted octanol–water partition coefficient (Wildman–Crippen LogP) is 0.647. The third kappa shape index (κ3) is 4.31. The van der Waals surface area contributed by atoms with Crippen LogP contribution in [0.2, 0.25) is 0 Å². The molecule has 0 radical (unpaired) electrons. The van der Waals surface area contributed by atoms with Crippen molar-refractivity contribution in [2.24, 2.45) is 0 Å². The summed E-state index contributed by atoms with van der Waals surface area (Å²) in [7, 11) is -3.10. The van der Waals surface area contributed by atoms with E-state index in [1.54, 1.807) is 6.92 Å². The topological polar surface area (TPSA) is 83.6 Å². The van der Waals surface area contributed by atoms with Gasteiger partial charge in [-0.15, -0.1) is 0 Å². The Balaban J connectivity index is 1.98. The number of sulfone groups is 1. The third-order valence-corrected chi connectivity index (χ3v) is 5.90. The highest BCUT2D eigenvalue weighted by Gasteiger charge is 2.35. The first-order valence-corrected chi connectivity index (χ1v) is 9.50. The van der Waals surface area contributed by atoms with Crippen molar-refractivity contribution < 1.29 is 18.0 Å². The number of hydrogen-bond acceptors (Lipinski definition) is 4. The van der Waals surface area contributed by atoms with Crippen molar-refractivity contribution >= 4 is 21.7 Å². The summed E-state index contributed by atoms with van der Waals surface area (Å²) in [5, 5.41) is 2.62. The Hall–Kier alpha value is -1.89. The van der Waals surface area contributed by atoms with E-state index >= 15 is 0 Å². The maximum absolute atomic E-state index is 12.3. The number of aryl methyl sites for hydroxylation is 1. The van der Waals surface area contributed by atoms with Crippen LogP contribution in [0.5, 0.6) is 0 Å². The molecule has 0 spiro atoms. The van der Waals surface area contributed by atoms with Crippen LogP contribution in [0.4, 0.5) is 0 Å². The number of amides is 2. The number of hydrogen-bond donors (Lipinski definition) is 1. The smallest absolute Gasteiger partial charge is 0.312 e. The zero-order valence-electron chi connectivity index (χ0n) is 13.4. The molecule has 1 N–H and O–H groups in total. The number of benzene rings is 1. The average Bonchev–Trinajstić information content (AvgIpc) is 2.86. The van der Waals surface area contributed by atoms with E-state index in [9.17, 15) is 18.0 Å². The van der Waals surface area contributed by atoms with Crippen molar-refractivity contribution in [3.8, 4) is 0 Å². The van der Waals surface area contributed by atoms with Crippen LogP contribution in [0, 0.1) is 6.92 Å². The number of nitrogens with one attached hydrogen (secondary N) is 1. The minimum absolute atomic E-state index is 0.0579. The predicted molar refractivity (Wildman–Crippen MR) is 87.5 cm³/mol. The Bertz CT molecular complexity index is 700. The normalized spacial score (nSPS) is 19.3. The van der Waals surface area contributed by atoms with Gasteiger partial charge in [-0.1, -0.05) is 24.3 Å². The Kier molecular flexibility index (Phi) is 5.41. The molecule has 1 aliphatic heterocycles. The molecule has 1 saturated heterocycles. The van der Waals surface area contributed by atoms with Gasteiger partial charge in [0.15, 0.2) is 9.84 Å². The molecule has 1 fully saturated rings. The van der Waals surface area contributed by atoms with E-state index in [1.807, 2.05) is 31.2 Å². The van der Waals surface area contributed by atoms with Gasteiger partial charge < -0.3 is 10.2 Å². The molecule has 0 saturated carbocycles. The minimum atomic E-state index is -3.10. The molecule has 2 rings (SSSR count). The summed E-state index contributed by atoms with van der Waals surface area (Å²) < 4.78 is 23.1. The SMILES string of the molecule is CCN(C(=O)C(=O)NCc1ccccc1C)C1CCS(=O)(=O)C1. The molecule has 6 nitrogen and oxygen atoms in total. The Morgan fingerprint density at radius 3 is 2.57 bits per heavy atom. The van der Waals surface area contributed by atoms with E-state index in [1.165, 1.54) is 4.90 Å². The first-order valence-electron chi connectivity index (χ1n) is 7.68. The number of carbonyl (C=O) groups excluding carboxylic acids is 2. The summed E-state index contributed by atoms with van der Waals surface area (Å²) in [6, 6.07) is 7.21. The summed E-state index contributed by atoms with van der Waals surface area (Å²) in [5.74, 6) is -1.34. The number of likely N-dealkylation sites (N-methyl/N-ethyl adjacent to an activating group) is 1. The number of rotatable bonds is 4. The monoisotopic (exact) mass is 338 g/mol. The van der Waals surface area contributed by atoms with Gasteiger partial charge in [-0.3, -0.25) is 9.59 Å². The quantitative estimate of drug-likeness (QED) is 0.817. The second kappa shape index (κ2) is 7.12. The van der Waals surface area contributed by atoms with Crippen LogP contribution in [0.25, 0.3) is 0 Å². The van der Waals surface area contributed by atoms with E-state index in [-0.39, 0.29) is 18.1 Å². The molecular formula is C16H22N2O4S. The first kappa shape index (κ1) is 17.5. The number of carbonyl (C=O) groups is 2. The second-order valence-electron chi connectivity index (χ2n) is 5.76. The fourth-order valence-corrected chi connectivity index (χ4v) is 4.51. The van der Waals surface area contributed by atoms with Crippen LogP contribution in [-0.4, -0.2) is 49.2 Å². The molecule has 0 aliphatic carbocycles. The van der Waals surface area contributed by atoms with Gasteiger partial charge in [0.2, 0.25) is 0 Å². The molecule has 7 heteroatoms. The summed E-state index contributed by atoms with van der Waals surface area (Å²) >= 11 is 0. The highest BCUT2D eigenvalue weighted by molar-refractivity contribution is 7.91. The van der Waals surface area contributed by atoms with E-state index in [4.69, 9.17) is 0 Å². The van der Waals surface area contributed by atoms with Crippen molar-refractivity contribution in [1.82, 2.24) is 10.2 Å². The maximum Gasteiger partial charge on any atom is 0.312 e. The third-order valence-electron chi connectivity index (χ3n) is 4.15. The summed E-state index contributed by atoms with van der Waals surface area (Å²) in [4.78, 5) is 25.8. The molecule has 23 heavy (non-hydrogen) atoms. The lowest BCUT2D eigenvalue weighted by Crippen LogP contribution is -2.48. The van der Waals surface area contributed by atoms with Crippen molar-refractivity contribution in [3.63, 3.8) is 0 Å². The van der Waals surface area contributed by atoms with Crippen LogP contribution in [0.15, 0.2) is 24.3 Å². The first-order chi connectivity index (χ1) is 10.8. The van der Waals surface area contributed by atoms with Gasteiger partial charge in [0.25, 0.3) is 0 Å². The van der Waals surface area contributed by atoms with Crippen LogP contribution in [-0.2, 0) is 26.0 Å². The van der Waals surface area contributed by atoms with Gasteiger partial charge in [-0.25, -0.2) is 8.42 Å². The summed E-state index contributed by atoms with van der Waals surface area (Å²) in [5.41, 5.74) is 1.98. The largest absolute Gasteiger partial charge is 0.344 e. The van der Waals surface area contributed by atoms with Crippen molar-refractivity contribution in [1.29, 1.82) is 0 Å². The van der Waals surface area contributed by atoms with E-state index in [0.29, 0.717) is 13.0 Å². The molecule has 1 aliphatic rings. The molecule has 0 bridgehead atoms. The van der Waals surface area contributed by atoms with E-state index < -0.39 is 27.7 Å². The maximum atomic E-state index is 12.3. The molecule has 1 aromatic rings. The fourth-order valence-electron chi connectivity index (χ4n) is 2.78. The molecule has 1 aromatic carbocycles. The summed E-state index contributed by atoms with van der Waals surface area (Å²) in [6.07, 6.45) is 0.396. The Morgan fingerprint density at radius 1 is 1.30 bits per heavy atom. The molecule has 2 amide bonds. The van der Waals surface area contributed by atoms with Crippen LogP contribution >= 0.6 is 0 Å². The van der Waals surface area contributed by atoms with Crippen LogP contribution in [0.3, 0.4) is 0 Å². The zero-order chi connectivity index (χ0) is 17.0. The lowest BCUT2D eigenvalue weighted by Gasteiger charge is -2.26. The van der Waals surface area contributed by atoms with Gasteiger partial charge in [0, 0.05) is 19.1 Å². The zero-order valence-corrected chi connectivity index (χ0v) is 14.2. The molecule has 1 atom stereocenters. The number of nitrogens with zero attached hydrogens (tertiary/aromatic N) is 1. The van der Waals surface area contributed by atoms with E-state index in [2.05, 4.69) is 5.32 Å². The molecule has 1 heterocycles. The molecular weight excluding hydrogens is 316 g/mol. The highest BCUT2D eigenvalue weighted by Crippen LogP contribution is 2.17. The van der Waals surface area contributed by atoms with Crippen molar-refractivity contribution in [3.05, 3.63) is 35.4 Å². The lowest BCUT2D eigenvalue weighted by molar-refractivity contribution is -0.147. The fraction of sp³-hybridized carbons (Fsp3) is 0.500. The summed E-state index contributed by atoms with van der Waals surface area (Å²) in [6.45, 7) is 4.27. The van der Waals surface area contributed by atoms with Crippen molar-refractivity contribution in [2.75, 3.05) is 18.1 Å². The van der Waals surface area contributed by atoms with Crippen LogP contribution in [0.1, 0.15) is 24.5 Å². The molecule has 1 unspecified atom stereocenters.